The van der Waals surface area contributed by atoms with Crippen molar-refractivity contribution in [2.75, 3.05) is 24.6 Å². The average molecular weight is 499 g/mol. The second kappa shape index (κ2) is 9.75. The third-order valence-electron chi connectivity index (χ3n) is 7.18. The van der Waals surface area contributed by atoms with Crippen LogP contribution in [0.15, 0.2) is 60.8 Å². The van der Waals surface area contributed by atoms with E-state index in [0.29, 0.717) is 13.2 Å². The van der Waals surface area contributed by atoms with E-state index < -0.39 is 11.7 Å². The van der Waals surface area contributed by atoms with Gasteiger partial charge < -0.3 is 19.5 Å². The van der Waals surface area contributed by atoms with Crippen LogP contribution in [0.4, 0.5) is 18.9 Å². The molecule has 3 aromatic rings. The molecule has 1 aromatic heterocycles. The van der Waals surface area contributed by atoms with Gasteiger partial charge in [0.25, 0.3) is 0 Å². The van der Waals surface area contributed by atoms with Crippen molar-refractivity contribution in [1.82, 2.24) is 4.98 Å². The van der Waals surface area contributed by atoms with Crippen molar-refractivity contribution in [3.8, 4) is 17.0 Å². The highest BCUT2D eigenvalue weighted by molar-refractivity contribution is 5.69. The number of hydrogen-bond donors (Lipinski definition) is 1. The molecular formula is C28H29F3N2O3. The van der Waals surface area contributed by atoms with Gasteiger partial charge in [-0.3, -0.25) is 0 Å². The van der Waals surface area contributed by atoms with Crippen molar-refractivity contribution in [3.63, 3.8) is 0 Å². The number of anilines is 1. The zero-order chi connectivity index (χ0) is 25.3. The minimum absolute atomic E-state index is 0.00788. The van der Waals surface area contributed by atoms with E-state index in [4.69, 9.17) is 9.47 Å². The smallest absolute Gasteiger partial charge is 0.417 e. The molecule has 190 valence electrons. The molecular weight excluding hydrogens is 469 g/mol. The van der Waals surface area contributed by atoms with Gasteiger partial charge in [0.05, 0.1) is 18.8 Å². The van der Waals surface area contributed by atoms with Crippen LogP contribution in [0.1, 0.15) is 36.5 Å². The highest BCUT2D eigenvalue weighted by Crippen LogP contribution is 2.55. The summed E-state index contributed by atoms with van der Waals surface area (Å²) < 4.78 is 50.1. The Morgan fingerprint density at radius 3 is 2.53 bits per heavy atom. The minimum atomic E-state index is -4.41. The van der Waals surface area contributed by atoms with E-state index in [-0.39, 0.29) is 24.0 Å². The molecule has 8 heteroatoms. The van der Waals surface area contributed by atoms with Gasteiger partial charge in [0.1, 0.15) is 6.10 Å². The molecule has 2 heterocycles. The molecule has 5 rings (SSSR count). The lowest BCUT2D eigenvalue weighted by atomic mass is 10.0. The Kier molecular flexibility index (Phi) is 6.66. The van der Waals surface area contributed by atoms with Gasteiger partial charge in [-0.05, 0) is 54.7 Å². The summed E-state index contributed by atoms with van der Waals surface area (Å²) >= 11 is 0. The van der Waals surface area contributed by atoms with Crippen molar-refractivity contribution in [3.05, 3.63) is 77.5 Å². The first-order chi connectivity index (χ1) is 17.3. The number of aromatic nitrogens is 1. The summed E-state index contributed by atoms with van der Waals surface area (Å²) in [4.78, 5) is 6.23. The zero-order valence-electron chi connectivity index (χ0n) is 20.1. The van der Waals surface area contributed by atoms with E-state index in [1.54, 1.807) is 0 Å². The van der Waals surface area contributed by atoms with Crippen molar-refractivity contribution in [2.45, 2.75) is 45.3 Å². The normalized spacial score (nSPS) is 21.2. The van der Waals surface area contributed by atoms with Crippen molar-refractivity contribution >= 4 is 5.69 Å². The van der Waals surface area contributed by atoms with Crippen LogP contribution in [0.2, 0.25) is 0 Å². The monoisotopic (exact) mass is 498 g/mol. The standard InChI is InChI=1S/C28H29F3N2O3/c1-2-35-17-22-13-21(20-5-3-19(16-34)4-6-20)7-9-24(22)33-12-11-27(18-33)14-25(27)36-26-10-8-23(15-32-26)28(29,30)31/h3-10,13,15,25,34H,2,11-12,14,16-18H2,1H3/t25?,27-/m1/s1. The third-order valence-corrected chi connectivity index (χ3v) is 7.18. The fourth-order valence-corrected chi connectivity index (χ4v) is 4.98. The lowest BCUT2D eigenvalue weighted by Crippen LogP contribution is -2.23. The Labute approximate surface area is 208 Å². The molecule has 1 N–H and O–H groups in total. The SMILES string of the molecule is CCOCc1cc(-c2ccc(CO)cc2)ccc1N1CC[C@@]2(CC2Oc2ccc(C(F)(F)F)cn2)C1. The van der Waals surface area contributed by atoms with E-state index in [1.165, 1.54) is 6.07 Å². The van der Waals surface area contributed by atoms with Crippen molar-refractivity contribution in [1.29, 1.82) is 0 Å². The summed E-state index contributed by atoms with van der Waals surface area (Å²) in [6, 6.07) is 16.6. The maximum Gasteiger partial charge on any atom is 0.417 e. The Balaban J connectivity index is 1.29. The van der Waals surface area contributed by atoms with Crippen LogP contribution < -0.4 is 9.64 Å². The number of alkyl halides is 3. The van der Waals surface area contributed by atoms with Gasteiger partial charge in [-0.2, -0.15) is 13.2 Å². The van der Waals surface area contributed by atoms with E-state index >= 15 is 0 Å². The number of halogens is 3. The van der Waals surface area contributed by atoms with Gasteiger partial charge in [0.2, 0.25) is 5.88 Å². The maximum absolute atomic E-state index is 12.8. The van der Waals surface area contributed by atoms with E-state index in [9.17, 15) is 18.3 Å². The molecule has 1 spiro atoms. The summed E-state index contributed by atoms with van der Waals surface area (Å²) in [5, 5.41) is 9.31. The first kappa shape index (κ1) is 24.6. The van der Waals surface area contributed by atoms with Crippen LogP contribution in [0.25, 0.3) is 11.1 Å². The second-order valence-corrected chi connectivity index (χ2v) is 9.56. The highest BCUT2D eigenvalue weighted by Gasteiger charge is 2.60. The average Bonchev–Trinajstić information content (AvgIpc) is 3.36. The number of hydrogen-bond acceptors (Lipinski definition) is 5. The largest absolute Gasteiger partial charge is 0.474 e. The Bertz CT molecular complexity index is 1200. The fraction of sp³-hybridized carbons (Fsp3) is 0.393. The molecule has 1 saturated heterocycles. The summed E-state index contributed by atoms with van der Waals surface area (Å²) in [5.74, 6) is 0.233. The molecule has 5 nitrogen and oxygen atoms in total. The van der Waals surface area contributed by atoms with Crippen LogP contribution in [-0.4, -0.2) is 35.9 Å². The summed E-state index contributed by atoms with van der Waals surface area (Å²) in [6.45, 7) is 4.82. The number of aliphatic hydroxyl groups excluding tert-OH is 1. The van der Waals surface area contributed by atoms with Crippen LogP contribution in [0, 0.1) is 5.41 Å². The summed E-state index contributed by atoms with van der Waals surface area (Å²) in [6.07, 6.45) is -1.81. The molecule has 1 aliphatic carbocycles. The van der Waals surface area contributed by atoms with Gasteiger partial charge in [0.15, 0.2) is 0 Å². The van der Waals surface area contributed by atoms with Gasteiger partial charge in [0, 0.05) is 48.6 Å². The van der Waals surface area contributed by atoms with Gasteiger partial charge >= 0.3 is 6.18 Å². The van der Waals surface area contributed by atoms with Crippen LogP contribution in [0.3, 0.4) is 0 Å². The zero-order valence-corrected chi connectivity index (χ0v) is 20.1. The first-order valence-corrected chi connectivity index (χ1v) is 12.2. The number of nitrogens with zero attached hydrogens (tertiary/aromatic N) is 2. The van der Waals surface area contributed by atoms with Crippen LogP contribution in [-0.2, 0) is 24.1 Å². The Morgan fingerprint density at radius 1 is 1.08 bits per heavy atom. The molecule has 2 aliphatic rings. The third kappa shape index (κ3) is 5.06. The maximum atomic E-state index is 12.8. The second-order valence-electron chi connectivity index (χ2n) is 9.56. The highest BCUT2D eigenvalue weighted by atomic mass is 19.4. The molecule has 0 amide bonds. The van der Waals surface area contributed by atoms with Crippen LogP contribution in [0.5, 0.6) is 5.88 Å². The van der Waals surface area contributed by atoms with Gasteiger partial charge in [-0.25, -0.2) is 4.98 Å². The molecule has 2 aromatic carbocycles. The van der Waals surface area contributed by atoms with E-state index in [2.05, 4.69) is 28.1 Å². The summed E-state index contributed by atoms with van der Waals surface area (Å²) in [7, 11) is 0. The van der Waals surface area contributed by atoms with Crippen molar-refractivity contribution < 1.29 is 27.8 Å². The molecule has 0 bridgehead atoms. The molecule has 2 fully saturated rings. The predicted molar refractivity (Wildman–Crippen MR) is 131 cm³/mol. The quantitative estimate of drug-likeness (QED) is 0.423. The number of ether oxygens (including phenoxy) is 2. The molecule has 2 atom stereocenters. The molecule has 1 saturated carbocycles. The van der Waals surface area contributed by atoms with Crippen molar-refractivity contribution in [2.24, 2.45) is 5.41 Å². The molecule has 36 heavy (non-hydrogen) atoms. The number of pyridine rings is 1. The van der Waals surface area contributed by atoms with Gasteiger partial charge in [-0.15, -0.1) is 0 Å². The number of aliphatic hydroxyl groups is 1. The predicted octanol–water partition coefficient (Wildman–Crippen LogP) is 5.84. The lowest BCUT2D eigenvalue weighted by Gasteiger charge is -2.23. The fourth-order valence-electron chi connectivity index (χ4n) is 4.98. The topological polar surface area (TPSA) is 54.8 Å². The van der Waals surface area contributed by atoms with Gasteiger partial charge in [-0.1, -0.05) is 30.3 Å². The first-order valence-electron chi connectivity index (χ1n) is 12.2. The number of benzene rings is 2. The molecule has 1 aliphatic heterocycles. The van der Waals surface area contributed by atoms with E-state index in [1.807, 2.05) is 31.2 Å². The Morgan fingerprint density at radius 2 is 1.86 bits per heavy atom. The van der Waals surface area contributed by atoms with E-state index in [0.717, 1.165) is 66.1 Å². The molecule has 0 radical (unpaired) electrons. The lowest BCUT2D eigenvalue weighted by molar-refractivity contribution is -0.137. The number of rotatable bonds is 8. The van der Waals surface area contributed by atoms with Crippen LogP contribution >= 0.6 is 0 Å². The molecule has 1 unspecified atom stereocenters. The summed E-state index contributed by atoms with van der Waals surface area (Å²) in [5.41, 5.74) is 4.50. The Hall–Kier alpha value is -3.10. The minimum Gasteiger partial charge on any atom is -0.474 e.